The number of aryl methyl sites for hydroxylation is 2. The van der Waals surface area contributed by atoms with Gasteiger partial charge in [-0.15, -0.1) is 5.10 Å². The molecule has 158 valence electrons. The fourth-order valence-corrected chi connectivity index (χ4v) is 4.69. The first kappa shape index (κ1) is 18.5. The Kier molecular flexibility index (Phi) is 4.27. The molecule has 31 heavy (non-hydrogen) atoms. The fourth-order valence-electron chi connectivity index (χ4n) is 4.69. The second kappa shape index (κ2) is 7.16. The van der Waals surface area contributed by atoms with Crippen LogP contribution < -0.4 is 9.47 Å². The van der Waals surface area contributed by atoms with Gasteiger partial charge in [0.2, 0.25) is 6.79 Å². The van der Waals surface area contributed by atoms with Crippen LogP contribution in [0.1, 0.15) is 47.8 Å². The number of benzene rings is 2. The van der Waals surface area contributed by atoms with Crippen LogP contribution in [0, 0.1) is 13.8 Å². The van der Waals surface area contributed by atoms with E-state index in [4.69, 9.17) is 14.5 Å². The van der Waals surface area contributed by atoms with E-state index in [1.54, 1.807) is 0 Å². The van der Waals surface area contributed by atoms with Crippen molar-refractivity contribution in [2.45, 2.75) is 39.2 Å². The minimum Gasteiger partial charge on any atom is -0.454 e. The van der Waals surface area contributed by atoms with Crippen molar-refractivity contribution >= 4 is 11.4 Å². The zero-order valence-electron chi connectivity index (χ0n) is 17.7. The second-order valence-electron chi connectivity index (χ2n) is 8.44. The van der Waals surface area contributed by atoms with E-state index in [0.29, 0.717) is 0 Å². The average Bonchev–Trinajstić information content (AvgIpc) is 3.43. The number of piperidine rings is 1. The molecule has 1 fully saturated rings. The van der Waals surface area contributed by atoms with E-state index >= 15 is 0 Å². The van der Waals surface area contributed by atoms with E-state index < -0.39 is 0 Å². The Morgan fingerprint density at radius 3 is 2.61 bits per heavy atom. The Labute approximate surface area is 180 Å². The number of rotatable bonds is 2. The van der Waals surface area contributed by atoms with Gasteiger partial charge < -0.3 is 9.47 Å². The smallest absolute Gasteiger partial charge is 0.231 e. The first-order chi connectivity index (χ1) is 15.2. The lowest BCUT2D eigenvalue weighted by atomic mass is 9.98. The first-order valence-corrected chi connectivity index (χ1v) is 10.8. The molecule has 0 N–H and O–H groups in total. The number of hydrogen-bond donors (Lipinski definition) is 0. The summed E-state index contributed by atoms with van der Waals surface area (Å²) in [5.74, 6) is 2.33. The molecular weight excluding hydrogens is 392 g/mol. The van der Waals surface area contributed by atoms with Crippen molar-refractivity contribution in [3.63, 3.8) is 0 Å². The molecule has 0 radical (unpaired) electrons. The Hall–Kier alpha value is -3.26. The van der Waals surface area contributed by atoms with Crippen LogP contribution in [0.4, 0.5) is 5.69 Å². The Balaban J connectivity index is 1.59. The van der Waals surface area contributed by atoms with Crippen LogP contribution in [0.5, 0.6) is 11.5 Å². The van der Waals surface area contributed by atoms with Gasteiger partial charge in [-0.05, 0) is 91.7 Å². The fraction of sp³-hybridized carbons (Fsp3) is 0.391. The van der Waals surface area contributed by atoms with Gasteiger partial charge in [-0.1, -0.05) is 6.42 Å². The van der Waals surface area contributed by atoms with E-state index in [1.165, 1.54) is 17.5 Å². The number of fused-ring (bicyclic) bond motifs is 4. The highest BCUT2D eigenvalue weighted by Gasteiger charge is 2.36. The molecule has 0 saturated carbocycles. The van der Waals surface area contributed by atoms with E-state index in [0.717, 1.165) is 65.9 Å². The molecule has 0 bridgehead atoms. The zero-order valence-corrected chi connectivity index (χ0v) is 17.7. The van der Waals surface area contributed by atoms with E-state index in [2.05, 4.69) is 52.5 Å². The van der Waals surface area contributed by atoms with Crippen molar-refractivity contribution in [2.75, 3.05) is 19.9 Å². The SMILES string of the molecule is Cc1cc2c(cc1C)-n1nnnc1C(N1CCCCC1)C(c1ccc3c(c1)OCO3)=N2. The van der Waals surface area contributed by atoms with Crippen molar-refractivity contribution < 1.29 is 9.47 Å². The van der Waals surface area contributed by atoms with Gasteiger partial charge in [-0.3, -0.25) is 4.90 Å². The summed E-state index contributed by atoms with van der Waals surface area (Å²) >= 11 is 0. The molecule has 3 aliphatic heterocycles. The van der Waals surface area contributed by atoms with Crippen LogP contribution in [0.2, 0.25) is 0 Å². The highest BCUT2D eigenvalue weighted by molar-refractivity contribution is 6.07. The Bertz CT molecular complexity index is 1190. The Morgan fingerprint density at radius 2 is 1.74 bits per heavy atom. The summed E-state index contributed by atoms with van der Waals surface area (Å²) in [7, 11) is 0. The second-order valence-corrected chi connectivity index (χ2v) is 8.44. The molecule has 2 aromatic carbocycles. The normalized spacial score (nSPS) is 20.1. The quantitative estimate of drug-likeness (QED) is 0.634. The van der Waals surface area contributed by atoms with Gasteiger partial charge in [0.15, 0.2) is 17.3 Å². The summed E-state index contributed by atoms with van der Waals surface area (Å²) < 4.78 is 13.1. The molecule has 8 nitrogen and oxygen atoms in total. The van der Waals surface area contributed by atoms with Crippen molar-refractivity contribution in [2.24, 2.45) is 4.99 Å². The van der Waals surface area contributed by atoms with E-state index in [1.807, 2.05) is 16.8 Å². The average molecular weight is 416 g/mol. The number of aliphatic imine (C=N–C) groups is 1. The maximum atomic E-state index is 5.66. The minimum absolute atomic E-state index is 0.135. The predicted octanol–water partition coefficient (Wildman–Crippen LogP) is 3.67. The molecule has 3 aliphatic rings. The third-order valence-electron chi connectivity index (χ3n) is 6.48. The largest absolute Gasteiger partial charge is 0.454 e. The van der Waals surface area contributed by atoms with Crippen molar-refractivity contribution in [3.8, 4) is 17.2 Å². The summed E-state index contributed by atoms with van der Waals surface area (Å²) in [6.07, 6.45) is 3.58. The van der Waals surface area contributed by atoms with Gasteiger partial charge in [0.05, 0.1) is 17.1 Å². The van der Waals surface area contributed by atoms with E-state index in [-0.39, 0.29) is 12.8 Å². The molecule has 0 amide bonds. The lowest BCUT2D eigenvalue weighted by Gasteiger charge is -2.33. The maximum absolute atomic E-state index is 5.66. The molecule has 1 saturated heterocycles. The third-order valence-corrected chi connectivity index (χ3v) is 6.48. The van der Waals surface area contributed by atoms with Crippen LogP contribution >= 0.6 is 0 Å². The number of nitrogens with zero attached hydrogens (tertiary/aromatic N) is 6. The van der Waals surface area contributed by atoms with E-state index in [9.17, 15) is 0 Å². The van der Waals surface area contributed by atoms with Crippen LogP contribution in [-0.2, 0) is 0 Å². The third kappa shape index (κ3) is 3.01. The van der Waals surface area contributed by atoms with Gasteiger partial charge in [-0.2, -0.15) is 4.68 Å². The molecule has 1 atom stereocenters. The van der Waals surface area contributed by atoms with Crippen LogP contribution in [0.3, 0.4) is 0 Å². The maximum Gasteiger partial charge on any atom is 0.231 e. The highest BCUT2D eigenvalue weighted by atomic mass is 16.7. The van der Waals surface area contributed by atoms with Crippen LogP contribution in [-0.4, -0.2) is 50.7 Å². The minimum atomic E-state index is -0.135. The Morgan fingerprint density at radius 1 is 0.935 bits per heavy atom. The summed E-state index contributed by atoms with van der Waals surface area (Å²) in [6, 6.07) is 10.2. The molecule has 1 unspecified atom stereocenters. The van der Waals surface area contributed by atoms with Gasteiger partial charge in [0.25, 0.3) is 0 Å². The number of likely N-dealkylation sites (tertiary alicyclic amines) is 1. The highest BCUT2D eigenvalue weighted by Crippen LogP contribution is 2.39. The van der Waals surface area contributed by atoms with Gasteiger partial charge >= 0.3 is 0 Å². The van der Waals surface area contributed by atoms with Gasteiger partial charge in [0.1, 0.15) is 6.04 Å². The first-order valence-electron chi connectivity index (χ1n) is 10.8. The van der Waals surface area contributed by atoms with Crippen LogP contribution in [0.25, 0.3) is 5.69 Å². The lowest BCUT2D eigenvalue weighted by Crippen LogP contribution is -2.39. The number of aromatic nitrogens is 4. The van der Waals surface area contributed by atoms with Crippen molar-refractivity contribution in [1.29, 1.82) is 0 Å². The number of tetrazole rings is 1. The monoisotopic (exact) mass is 416 g/mol. The zero-order chi connectivity index (χ0) is 20.9. The molecule has 4 heterocycles. The number of ether oxygens (including phenoxy) is 2. The predicted molar refractivity (Wildman–Crippen MR) is 116 cm³/mol. The van der Waals surface area contributed by atoms with Crippen molar-refractivity contribution in [1.82, 2.24) is 25.1 Å². The molecule has 6 rings (SSSR count). The summed E-state index contributed by atoms with van der Waals surface area (Å²) in [5.41, 5.74) is 6.12. The number of hydrogen-bond acceptors (Lipinski definition) is 7. The summed E-state index contributed by atoms with van der Waals surface area (Å²) in [4.78, 5) is 7.69. The summed E-state index contributed by atoms with van der Waals surface area (Å²) in [6.45, 7) is 6.46. The molecular formula is C23H24N6O2. The standard InChI is InChI=1S/C23H24N6O2/c1-14-10-17-18(11-15(14)2)29-23(25-26-27-29)22(28-8-4-3-5-9-28)21(24-17)16-6-7-19-20(12-16)31-13-30-19/h6-7,10-12,22H,3-5,8-9,13H2,1-2H3. The summed E-state index contributed by atoms with van der Waals surface area (Å²) in [5, 5.41) is 12.9. The molecule has 3 aromatic rings. The van der Waals surface area contributed by atoms with Gasteiger partial charge in [-0.25, -0.2) is 4.99 Å². The molecule has 1 aromatic heterocycles. The lowest BCUT2D eigenvalue weighted by molar-refractivity contribution is 0.174. The molecule has 0 spiro atoms. The van der Waals surface area contributed by atoms with Crippen molar-refractivity contribution in [3.05, 3.63) is 52.8 Å². The molecule has 0 aliphatic carbocycles. The topological polar surface area (TPSA) is 77.7 Å². The van der Waals surface area contributed by atoms with Gasteiger partial charge in [0, 0.05) is 5.56 Å². The van der Waals surface area contributed by atoms with Crippen LogP contribution in [0.15, 0.2) is 35.3 Å². The molecule has 8 heteroatoms.